The van der Waals surface area contributed by atoms with E-state index in [2.05, 4.69) is 15.5 Å². The number of hydrogen-bond donors (Lipinski definition) is 2. The Hall–Kier alpha value is -2.65. The Balaban J connectivity index is 1.79. The molecular formula is C21H26N4O3S2. The molecule has 2 N–H and O–H groups in total. The van der Waals surface area contributed by atoms with Crippen LogP contribution in [0.4, 0.5) is 0 Å². The number of hydrogen-bond acceptors (Lipinski definition) is 6. The largest absolute Gasteiger partial charge is 0.490 e. The van der Waals surface area contributed by atoms with Gasteiger partial charge in [0.1, 0.15) is 6.04 Å². The molecule has 3 aromatic rings. The second kappa shape index (κ2) is 9.90. The van der Waals surface area contributed by atoms with Crippen molar-refractivity contribution in [3.8, 4) is 22.2 Å². The summed E-state index contributed by atoms with van der Waals surface area (Å²) in [4.78, 5) is 14.0. The third kappa shape index (κ3) is 4.73. The number of aromatic amines is 1. The van der Waals surface area contributed by atoms with E-state index < -0.39 is 6.04 Å². The third-order valence-corrected chi connectivity index (χ3v) is 5.79. The van der Waals surface area contributed by atoms with Crippen LogP contribution in [0.2, 0.25) is 0 Å². The lowest BCUT2D eigenvalue weighted by Crippen LogP contribution is -2.33. The predicted molar refractivity (Wildman–Crippen MR) is 121 cm³/mol. The Labute approximate surface area is 185 Å². The topological polar surface area (TPSA) is 81.2 Å². The van der Waals surface area contributed by atoms with Gasteiger partial charge in [0.15, 0.2) is 22.1 Å². The van der Waals surface area contributed by atoms with Gasteiger partial charge in [-0.25, -0.2) is 0 Å². The summed E-state index contributed by atoms with van der Waals surface area (Å²) in [6.45, 7) is 8.69. The maximum absolute atomic E-state index is 13.0. The number of rotatable bonds is 9. The van der Waals surface area contributed by atoms with Crippen LogP contribution in [0.15, 0.2) is 35.7 Å². The predicted octanol–water partition coefficient (Wildman–Crippen LogP) is 4.90. The molecule has 0 aliphatic carbocycles. The van der Waals surface area contributed by atoms with Crippen LogP contribution in [-0.2, 0) is 4.79 Å². The highest BCUT2D eigenvalue weighted by Crippen LogP contribution is 2.31. The SMILES string of the molecule is CCOc1ccc(C(C)NC(=O)C(C)n2c(-c3cccs3)n[nH]c2=S)cc1OCC. The minimum Gasteiger partial charge on any atom is -0.490 e. The smallest absolute Gasteiger partial charge is 0.243 e. The van der Waals surface area contributed by atoms with Crippen molar-refractivity contribution < 1.29 is 14.3 Å². The van der Waals surface area contributed by atoms with Gasteiger partial charge in [-0.3, -0.25) is 14.5 Å². The van der Waals surface area contributed by atoms with Crippen molar-refractivity contribution in [3.05, 3.63) is 46.0 Å². The Bertz CT molecular complexity index is 1040. The van der Waals surface area contributed by atoms with Crippen molar-refractivity contribution >= 4 is 29.5 Å². The molecule has 2 unspecified atom stereocenters. The molecule has 0 saturated carbocycles. The first-order valence-electron chi connectivity index (χ1n) is 9.86. The molecule has 2 atom stereocenters. The van der Waals surface area contributed by atoms with Crippen molar-refractivity contribution in [2.45, 2.75) is 39.8 Å². The van der Waals surface area contributed by atoms with E-state index in [1.807, 2.05) is 63.4 Å². The van der Waals surface area contributed by atoms with Gasteiger partial charge in [-0.1, -0.05) is 12.1 Å². The molecule has 0 saturated heterocycles. The van der Waals surface area contributed by atoms with Crippen molar-refractivity contribution in [2.24, 2.45) is 0 Å². The Morgan fingerprint density at radius 1 is 1.23 bits per heavy atom. The number of ether oxygens (including phenoxy) is 2. The molecule has 0 bridgehead atoms. The van der Waals surface area contributed by atoms with E-state index in [0.717, 1.165) is 10.4 Å². The lowest BCUT2D eigenvalue weighted by Gasteiger charge is -2.21. The van der Waals surface area contributed by atoms with Gasteiger partial charge in [-0.2, -0.15) is 5.10 Å². The van der Waals surface area contributed by atoms with Crippen molar-refractivity contribution in [2.75, 3.05) is 13.2 Å². The van der Waals surface area contributed by atoms with Gasteiger partial charge in [-0.05, 0) is 69.1 Å². The van der Waals surface area contributed by atoms with Crippen LogP contribution in [0.3, 0.4) is 0 Å². The number of H-pyrrole nitrogens is 1. The lowest BCUT2D eigenvalue weighted by atomic mass is 10.1. The molecule has 1 aromatic carbocycles. The molecule has 0 spiro atoms. The van der Waals surface area contributed by atoms with E-state index in [-0.39, 0.29) is 11.9 Å². The third-order valence-electron chi connectivity index (χ3n) is 4.64. The summed E-state index contributed by atoms with van der Waals surface area (Å²) in [6, 6.07) is 8.86. The number of carbonyl (C=O) groups excluding carboxylic acids is 1. The molecule has 30 heavy (non-hydrogen) atoms. The molecule has 0 aliphatic heterocycles. The number of thiophene rings is 1. The second-order valence-corrected chi connectivity index (χ2v) is 8.01. The number of nitrogens with one attached hydrogen (secondary N) is 2. The van der Waals surface area contributed by atoms with Crippen molar-refractivity contribution in [1.82, 2.24) is 20.1 Å². The fourth-order valence-electron chi connectivity index (χ4n) is 3.12. The zero-order valence-electron chi connectivity index (χ0n) is 17.5. The van der Waals surface area contributed by atoms with Crippen LogP contribution in [0.1, 0.15) is 45.3 Å². The molecular weight excluding hydrogens is 420 g/mol. The van der Waals surface area contributed by atoms with Crippen LogP contribution in [0.25, 0.3) is 10.7 Å². The standard InChI is InChI=1S/C21H26N4O3S2/c1-5-27-16-10-9-15(12-17(16)28-6-2)13(3)22-20(26)14(4)25-19(23-24-21(25)29)18-8-7-11-30-18/h7-14H,5-6H2,1-4H3,(H,22,26)(H,24,29). The first-order valence-corrected chi connectivity index (χ1v) is 11.2. The highest BCUT2D eigenvalue weighted by Gasteiger charge is 2.23. The molecule has 9 heteroatoms. The summed E-state index contributed by atoms with van der Waals surface area (Å²) in [5.41, 5.74) is 0.928. The minimum atomic E-state index is -0.523. The van der Waals surface area contributed by atoms with Crippen molar-refractivity contribution in [1.29, 1.82) is 0 Å². The number of nitrogens with zero attached hydrogens (tertiary/aromatic N) is 2. The molecule has 1 amide bonds. The summed E-state index contributed by atoms with van der Waals surface area (Å²) in [5, 5.41) is 12.1. The molecule has 0 aliphatic rings. The maximum Gasteiger partial charge on any atom is 0.243 e. The maximum atomic E-state index is 13.0. The number of carbonyl (C=O) groups is 1. The highest BCUT2D eigenvalue weighted by molar-refractivity contribution is 7.71. The molecule has 2 heterocycles. The lowest BCUT2D eigenvalue weighted by molar-refractivity contribution is -0.124. The van der Waals surface area contributed by atoms with E-state index in [9.17, 15) is 4.79 Å². The van der Waals surface area contributed by atoms with E-state index in [0.29, 0.717) is 35.3 Å². The summed E-state index contributed by atoms with van der Waals surface area (Å²) < 4.78 is 13.5. The van der Waals surface area contributed by atoms with Crippen LogP contribution in [0, 0.1) is 4.77 Å². The fourth-order valence-corrected chi connectivity index (χ4v) is 4.12. The van der Waals surface area contributed by atoms with Crippen molar-refractivity contribution in [3.63, 3.8) is 0 Å². The molecule has 7 nitrogen and oxygen atoms in total. The quantitative estimate of drug-likeness (QED) is 0.457. The summed E-state index contributed by atoms with van der Waals surface area (Å²) >= 11 is 6.92. The molecule has 0 radical (unpaired) electrons. The van der Waals surface area contributed by atoms with E-state index >= 15 is 0 Å². The van der Waals surface area contributed by atoms with Crippen LogP contribution >= 0.6 is 23.6 Å². The zero-order valence-corrected chi connectivity index (χ0v) is 19.1. The van der Waals surface area contributed by atoms with E-state index in [1.165, 1.54) is 0 Å². The molecule has 3 rings (SSSR count). The minimum absolute atomic E-state index is 0.148. The second-order valence-electron chi connectivity index (χ2n) is 6.68. The number of aromatic nitrogens is 3. The average molecular weight is 447 g/mol. The van der Waals surface area contributed by atoms with E-state index in [4.69, 9.17) is 21.7 Å². The number of amides is 1. The van der Waals surface area contributed by atoms with Gasteiger partial charge in [-0.15, -0.1) is 11.3 Å². The van der Waals surface area contributed by atoms with Gasteiger partial charge in [0.05, 0.1) is 24.1 Å². The van der Waals surface area contributed by atoms with Gasteiger partial charge in [0.25, 0.3) is 0 Å². The van der Waals surface area contributed by atoms with Crippen LogP contribution in [0.5, 0.6) is 11.5 Å². The Morgan fingerprint density at radius 2 is 1.97 bits per heavy atom. The fraction of sp³-hybridized carbons (Fsp3) is 0.381. The normalized spacial score (nSPS) is 12.9. The summed E-state index contributed by atoms with van der Waals surface area (Å²) in [7, 11) is 0. The molecule has 0 fully saturated rings. The van der Waals surface area contributed by atoms with Crippen LogP contribution in [-0.4, -0.2) is 33.9 Å². The molecule has 2 aromatic heterocycles. The van der Waals surface area contributed by atoms with Gasteiger partial charge in [0.2, 0.25) is 5.91 Å². The summed E-state index contributed by atoms with van der Waals surface area (Å²) in [6.07, 6.45) is 0. The molecule has 160 valence electrons. The summed E-state index contributed by atoms with van der Waals surface area (Å²) in [5.74, 6) is 1.87. The average Bonchev–Trinajstić information content (AvgIpc) is 3.38. The van der Waals surface area contributed by atoms with Gasteiger partial charge < -0.3 is 14.8 Å². The Kier molecular flexibility index (Phi) is 7.28. The first kappa shape index (κ1) is 22.0. The highest BCUT2D eigenvalue weighted by atomic mass is 32.1. The van der Waals surface area contributed by atoms with Crippen LogP contribution < -0.4 is 14.8 Å². The van der Waals surface area contributed by atoms with Gasteiger partial charge >= 0.3 is 0 Å². The first-order chi connectivity index (χ1) is 14.5. The van der Waals surface area contributed by atoms with Gasteiger partial charge in [0, 0.05) is 0 Å². The Morgan fingerprint density at radius 3 is 2.63 bits per heavy atom. The monoisotopic (exact) mass is 446 g/mol. The zero-order chi connectivity index (χ0) is 21.7. The van der Waals surface area contributed by atoms with E-state index in [1.54, 1.807) is 15.9 Å². The number of benzene rings is 1.